The van der Waals surface area contributed by atoms with E-state index in [4.69, 9.17) is 28.9 Å². The zero-order valence-corrected chi connectivity index (χ0v) is 8.23. The molecule has 0 aliphatic rings. The van der Waals surface area contributed by atoms with Gasteiger partial charge in [-0.3, -0.25) is 0 Å². The number of nitrogens with two attached hydrogens (primary N) is 1. The Morgan fingerprint density at radius 1 is 1.00 bits per heavy atom. The van der Waals surface area contributed by atoms with Gasteiger partial charge in [0.05, 0.1) is 10.0 Å². The van der Waals surface area contributed by atoms with Crippen LogP contribution in [0, 0.1) is 0 Å². The van der Waals surface area contributed by atoms with E-state index in [1.54, 1.807) is 6.07 Å². The molecule has 0 unspecified atom stereocenters. The van der Waals surface area contributed by atoms with Crippen molar-refractivity contribution in [2.24, 2.45) is 0 Å². The predicted octanol–water partition coefficient (Wildman–Crippen LogP) is 3.73. The Kier molecular flexibility index (Phi) is 2.06. The largest absolute Gasteiger partial charge is 0.399 e. The fraction of sp³-hybridized carbons (Fsp3) is 0. The Labute approximate surface area is 86.1 Å². The molecule has 0 amide bonds. The SMILES string of the molecule is Nc1ccc2c(Cl)c(Cl)ccc2c1. The summed E-state index contributed by atoms with van der Waals surface area (Å²) in [5.41, 5.74) is 6.36. The molecule has 0 fully saturated rings. The van der Waals surface area contributed by atoms with Crippen molar-refractivity contribution < 1.29 is 0 Å². The molecule has 0 bridgehead atoms. The number of hydrogen-bond donors (Lipinski definition) is 1. The molecule has 0 aliphatic heterocycles. The number of fused-ring (bicyclic) bond motifs is 1. The fourth-order valence-corrected chi connectivity index (χ4v) is 1.68. The smallest absolute Gasteiger partial charge is 0.0670 e. The molecule has 66 valence electrons. The van der Waals surface area contributed by atoms with E-state index >= 15 is 0 Å². The van der Waals surface area contributed by atoms with Crippen molar-refractivity contribution in [3.05, 3.63) is 40.4 Å². The fourth-order valence-electron chi connectivity index (χ4n) is 1.28. The number of benzene rings is 2. The lowest BCUT2D eigenvalue weighted by Gasteiger charge is -2.02. The van der Waals surface area contributed by atoms with Crippen LogP contribution in [0.15, 0.2) is 30.3 Å². The number of nitrogen functional groups attached to an aromatic ring is 1. The molecule has 0 saturated carbocycles. The van der Waals surface area contributed by atoms with E-state index in [2.05, 4.69) is 0 Å². The van der Waals surface area contributed by atoms with Crippen molar-refractivity contribution in [2.75, 3.05) is 5.73 Å². The van der Waals surface area contributed by atoms with Gasteiger partial charge in [-0.15, -0.1) is 0 Å². The summed E-state index contributed by atoms with van der Waals surface area (Å²) in [7, 11) is 0. The van der Waals surface area contributed by atoms with E-state index in [9.17, 15) is 0 Å². The van der Waals surface area contributed by atoms with Crippen LogP contribution in [0.25, 0.3) is 10.8 Å². The Balaban J connectivity index is 2.87. The highest BCUT2D eigenvalue weighted by Gasteiger charge is 2.02. The summed E-state index contributed by atoms with van der Waals surface area (Å²) in [5, 5.41) is 3.09. The second kappa shape index (κ2) is 3.09. The first kappa shape index (κ1) is 8.67. The molecule has 0 atom stereocenters. The molecule has 0 aliphatic carbocycles. The molecule has 0 radical (unpaired) electrons. The molecule has 0 spiro atoms. The van der Waals surface area contributed by atoms with Crippen molar-refractivity contribution in [3.63, 3.8) is 0 Å². The lowest BCUT2D eigenvalue weighted by atomic mass is 10.1. The second-order valence-electron chi connectivity index (χ2n) is 2.84. The molecule has 2 aromatic carbocycles. The molecule has 2 rings (SSSR count). The van der Waals surface area contributed by atoms with Crippen LogP contribution in [0.5, 0.6) is 0 Å². The van der Waals surface area contributed by atoms with Crippen LogP contribution in [-0.2, 0) is 0 Å². The van der Waals surface area contributed by atoms with Gasteiger partial charge in [-0.1, -0.05) is 35.3 Å². The molecule has 13 heavy (non-hydrogen) atoms. The summed E-state index contributed by atoms with van der Waals surface area (Å²) >= 11 is 11.9. The minimum atomic E-state index is 0.568. The van der Waals surface area contributed by atoms with Crippen LogP contribution in [0.3, 0.4) is 0 Å². The molecule has 0 aromatic heterocycles. The van der Waals surface area contributed by atoms with Gasteiger partial charge in [-0.05, 0) is 23.6 Å². The van der Waals surface area contributed by atoms with Gasteiger partial charge in [0.15, 0.2) is 0 Å². The van der Waals surface area contributed by atoms with Crippen LogP contribution in [0.2, 0.25) is 10.0 Å². The molecule has 0 saturated heterocycles. The van der Waals surface area contributed by atoms with Gasteiger partial charge in [0.25, 0.3) is 0 Å². The topological polar surface area (TPSA) is 26.0 Å². The average Bonchev–Trinajstić information content (AvgIpc) is 2.12. The monoisotopic (exact) mass is 211 g/mol. The normalized spacial score (nSPS) is 10.6. The summed E-state index contributed by atoms with van der Waals surface area (Å²) in [6, 6.07) is 9.23. The van der Waals surface area contributed by atoms with Crippen LogP contribution in [0.1, 0.15) is 0 Å². The molecule has 3 heteroatoms. The summed E-state index contributed by atoms with van der Waals surface area (Å²) in [6.45, 7) is 0. The van der Waals surface area contributed by atoms with Gasteiger partial charge in [0.1, 0.15) is 0 Å². The Bertz CT molecular complexity index is 466. The van der Waals surface area contributed by atoms with E-state index in [0.717, 1.165) is 16.5 Å². The van der Waals surface area contributed by atoms with E-state index in [1.165, 1.54) is 0 Å². The van der Waals surface area contributed by atoms with Crippen LogP contribution >= 0.6 is 23.2 Å². The minimum absolute atomic E-state index is 0.568. The third kappa shape index (κ3) is 1.45. The molecular weight excluding hydrogens is 205 g/mol. The second-order valence-corrected chi connectivity index (χ2v) is 3.63. The van der Waals surface area contributed by atoms with E-state index < -0.39 is 0 Å². The van der Waals surface area contributed by atoms with Gasteiger partial charge >= 0.3 is 0 Å². The Morgan fingerprint density at radius 3 is 2.54 bits per heavy atom. The third-order valence-corrected chi connectivity index (χ3v) is 2.75. The van der Waals surface area contributed by atoms with Gasteiger partial charge < -0.3 is 5.73 Å². The van der Waals surface area contributed by atoms with Crippen molar-refractivity contribution in [3.8, 4) is 0 Å². The highest BCUT2D eigenvalue weighted by atomic mass is 35.5. The molecule has 1 nitrogen and oxygen atoms in total. The zero-order chi connectivity index (χ0) is 9.42. The maximum atomic E-state index is 6.01. The Morgan fingerprint density at radius 2 is 1.77 bits per heavy atom. The van der Waals surface area contributed by atoms with Crippen LogP contribution in [0.4, 0.5) is 5.69 Å². The summed E-state index contributed by atoms with van der Waals surface area (Å²) in [5.74, 6) is 0. The van der Waals surface area contributed by atoms with E-state index in [0.29, 0.717) is 10.0 Å². The number of halogens is 2. The minimum Gasteiger partial charge on any atom is -0.399 e. The lowest BCUT2D eigenvalue weighted by molar-refractivity contribution is 1.72. The maximum Gasteiger partial charge on any atom is 0.0670 e. The standard InChI is InChI=1S/C10H7Cl2N/c11-9-4-1-6-5-7(13)2-3-8(6)10(9)12/h1-5H,13H2. The van der Waals surface area contributed by atoms with Gasteiger partial charge in [-0.25, -0.2) is 0 Å². The average molecular weight is 212 g/mol. The van der Waals surface area contributed by atoms with Gasteiger partial charge in [0, 0.05) is 11.1 Å². The lowest BCUT2D eigenvalue weighted by Crippen LogP contribution is -1.84. The first-order valence-corrected chi connectivity index (χ1v) is 4.57. The van der Waals surface area contributed by atoms with Crippen molar-refractivity contribution in [1.29, 1.82) is 0 Å². The van der Waals surface area contributed by atoms with Crippen LogP contribution in [-0.4, -0.2) is 0 Å². The van der Waals surface area contributed by atoms with E-state index in [1.807, 2.05) is 24.3 Å². The summed E-state index contributed by atoms with van der Waals surface area (Å²) < 4.78 is 0. The number of anilines is 1. The first-order chi connectivity index (χ1) is 6.18. The number of rotatable bonds is 0. The van der Waals surface area contributed by atoms with Gasteiger partial charge in [0.2, 0.25) is 0 Å². The zero-order valence-electron chi connectivity index (χ0n) is 6.72. The third-order valence-electron chi connectivity index (χ3n) is 1.93. The van der Waals surface area contributed by atoms with Crippen molar-refractivity contribution >= 4 is 39.7 Å². The number of hydrogen-bond acceptors (Lipinski definition) is 1. The Hall–Kier alpha value is -0.920. The molecule has 2 N–H and O–H groups in total. The quantitative estimate of drug-likeness (QED) is 0.661. The van der Waals surface area contributed by atoms with Crippen molar-refractivity contribution in [2.45, 2.75) is 0 Å². The summed E-state index contributed by atoms with van der Waals surface area (Å²) in [4.78, 5) is 0. The maximum absolute atomic E-state index is 6.01. The molecule has 2 aromatic rings. The van der Waals surface area contributed by atoms with Gasteiger partial charge in [-0.2, -0.15) is 0 Å². The highest BCUT2D eigenvalue weighted by Crippen LogP contribution is 2.31. The first-order valence-electron chi connectivity index (χ1n) is 3.82. The van der Waals surface area contributed by atoms with E-state index in [-0.39, 0.29) is 0 Å². The molecule has 0 heterocycles. The molecular formula is C10H7Cl2N. The van der Waals surface area contributed by atoms with Crippen molar-refractivity contribution in [1.82, 2.24) is 0 Å². The van der Waals surface area contributed by atoms with Crippen LogP contribution < -0.4 is 5.73 Å². The summed E-state index contributed by atoms with van der Waals surface area (Å²) in [6.07, 6.45) is 0. The highest BCUT2D eigenvalue weighted by molar-refractivity contribution is 6.45. The predicted molar refractivity (Wildman–Crippen MR) is 58.4 cm³/mol.